The van der Waals surface area contributed by atoms with E-state index in [0.29, 0.717) is 5.56 Å². The Morgan fingerprint density at radius 3 is 2.22 bits per heavy atom. The van der Waals surface area contributed by atoms with Crippen LogP contribution in [0.2, 0.25) is 0 Å². The quantitative estimate of drug-likeness (QED) is 0.838. The lowest BCUT2D eigenvalue weighted by Crippen LogP contribution is -2.36. The van der Waals surface area contributed by atoms with Crippen molar-refractivity contribution < 1.29 is 23.5 Å². The van der Waals surface area contributed by atoms with Gasteiger partial charge in [-0.3, -0.25) is 4.79 Å². The van der Waals surface area contributed by atoms with E-state index in [1.807, 2.05) is 0 Å². The number of hydrogen-bond acceptors (Lipinski definition) is 4. The fourth-order valence-electron chi connectivity index (χ4n) is 1.87. The molecule has 1 atom stereocenters. The average Bonchev–Trinajstić information content (AvgIpc) is 2.35. The van der Waals surface area contributed by atoms with E-state index in [9.17, 15) is 14.0 Å². The van der Waals surface area contributed by atoms with Crippen LogP contribution in [0.1, 0.15) is 52.6 Å². The average molecular weight is 325 g/mol. The molecule has 0 saturated carbocycles. The molecule has 0 aliphatic rings. The Labute approximate surface area is 136 Å². The largest absolute Gasteiger partial charge is 0.463 e. The summed E-state index contributed by atoms with van der Waals surface area (Å²) in [6.45, 7) is 8.71. The van der Waals surface area contributed by atoms with Gasteiger partial charge in [-0.25, -0.2) is 9.18 Å². The van der Waals surface area contributed by atoms with E-state index < -0.39 is 29.5 Å². The lowest BCUT2D eigenvalue weighted by Gasteiger charge is -2.24. The van der Waals surface area contributed by atoms with E-state index in [2.05, 4.69) is 5.32 Å². The van der Waals surface area contributed by atoms with Crippen LogP contribution in [-0.2, 0) is 14.3 Å². The van der Waals surface area contributed by atoms with Crippen LogP contribution < -0.4 is 5.32 Å². The zero-order valence-electron chi connectivity index (χ0n) is 14.2. The molecule has 5 nitrogen and oxygen atoms in total. The first-order chi connectivity index (χ1) is 10.6. The van der Waals surface area contributed by atoms with E-state index in [4.69, 9.17) is 9.47 Å². The molecule has 1 amide bonds. The third-order valence-corrected chi connectivity index (χ3v) is 2.70. The second-order valence-corrected chi connectivity index (χ2v) is 6.49. The topological polar surface area (TPSA) is 64.6 Å². The highest BCUT2D eigenvalue weighted by molar-refractivity contribution is 5.73. The highest BCUT2D eigenvalue weighted by Gasteiger charge is 2.23. The van der Waals surface area contributed by atoms with Gasteiger partial charge in [-0.15, -0.1) is 0 Å². The van der Waals surface area contributed by atoms with Crippen LogP contribution in [0.4, 0.5) is 9.18 Å². The number of halogens is 1. The van der Waals surface area contributed by atoms with E-state index in [0.717, 1.165) is 0 Å². The van der Waals surface area contributed by atoms with Crippen LogP contribution >= 0.6 is 0 Å². The molecule has 1 N–H and O–H groups in total. The number of esters is 1. The summed E-state index contributed by atoms with van der Waals surface area (Å²) in [6.07, 6.45) is -0.967. The third-order valence-electron chi connectivity index (χ3n) is 2.70. The number of alkyl carbamates (subject to hydrolysis) is 1. The number of ether oxygens (including phenoxy) is 2. The molecule has 0 bridgehead atoms. The van der Waals surface area contributed by atoms with Gasteiger partial charge in [-0.2, -0.15) is 0 Å². The van der Waals surface area contributed by atoms with Gasteiger partial charge in [0.05, 0.1) is 18.6 Å². The maximum absolute atomic E-state index is 13.1. The van der Waals surface area contributed by atoms with Gasteiger partial charge in [-0.05, 0) is 52.3 Å². The van der Waals surface area contributed by atoms with Gasteiger partial charge in [0.1, 0.15) is 11.4 Å². The molecule has 1 aromatic rings. The molecule has 0 aromatic heterocycles. The fourth-order valence-corrected chi connectivity index (χ4v) is 1.87. The van der Waals surface area contributed by atoms with Crippen LogP contribution in [0.3, 0.4) is 0 Å². The molecule has 1 rings (SSSR count). The molecule has 6 heteroatoms. The van der Waals surface area contributed by atoms with Gasteiger partial charge in [0.2, 0.25) is 0 Å². The maximum atomic E-state index is 13.1. The predicted molar refractivity (Wildman–Crippen MR) is 84.4 cm³/mol. The zero-order valence-corrected chi connectivity index (χ0v) is 14.2. The first-order valence-corrected chi connectivity index (χ1v) is 7.51. The summed E-state index contributed by atoms with van der Waals surface area (Å²) >= 11 is 0. The molecule has 0 aliphatic carbocycles. The van der Waals surface area contributed by atoms with Crippen molar-refractivity contribution >= 4 is 12.1 Å². The monoisotopic (exact) mass is 325 g/mol. The lowest BCUT2D eigenvalue weighted by atomic mass is 10.0. The van der Waals surface area contributed by atoms with Crippen LogP contribution in [0, 0.1) is 5.82 Å². The Bertz CT molecular complexity index is 535. The first-order valence-electron chi connectivity index (χ1n) is 7.51. The summed E-state index contributed by atoms with van der Waals surface area (Å²) in [7, 11) is 0. The molecule has 23 heavy (non-hydrogen) atoms. The smallest absolute Gasteiger partial charge is 0.408 e. The molecule has 0 radical (unpaired) electrons. The third kappa shape index (κ3) is 7.63. The van der Waals surface area contributed by atoms with Crippen molar-refractivity contribution in [3.05, 3.63) is 35.6 Å². The number of nitrogens with one attached hydrogen (secondary N) is 1. The summed E-state index contributed by atoms with van der Waals surface area (Å²) in [4.78, 5) is 23.8. The van der Waals surface area contributed by atoms with Gasteiger partial charge >= 0.3 is 12.1 Å². The Kier molecular flexibility index (Phi) is 6.54. The molecule has 0 saturated heterocycles. The number of carbonyl (C=O) groups is 2. The molecule has 0 unspecified atom stereocenters. The Morgan fingerprint density at radius 2 is 1.74 bits per heavy atom. The number of carbonyl (C=O) groups excluding carboxylic acids is 2. The van der Waals surface area contributed by atoms with Gasteiger partial charge in [0.25, 0.3) is 0 Å². The van der Waals surface area contributed by atoms with Crippen molar-refractivity contribution in [2.45, 2.75) is 58.8 Å². The minimum atomic E-state index is -0.657. The van der Waals surface area contributed by atoms with Gasteiger partial charge < -0.3 is 14.8 Å². The van der Waals surface area contributed by atoms with Crippen molar-refractivity contribution in [3.63, 3.8) is 0 Å². The van der Waals surface area contributed by atoms with Crippen LogP contribution in [0.5, 0.6) is 0 Å². The van der Waals surface area contributed by atoms with E-state index >= 15 is 0 Å². The molecular formula is C17H24FNO4. The zero-order chi connectivity index (χ0) is 17.6. The van der Waals surface area contributed by atoms with Crippen LogP contribution in [-0.4, -0.2) is 23.8 Å². The van der Waals surface area contributed by atoms with Gasteiger partial charge in [-0.1, -0.05) is 12.1 Å². The molecule has 0 fully saturated rings. The first kappa shape index (κ1) is 18.9. The standard InChI is InChI=1S/C17H24FNO4/c1-11(2)22-15(20)10-14(12-6-8-13(18)9-7-12)19-16(21)23-17(3,4)5/h6-9,11,14H,10H2,1-5H3,(H,19,21)/t14-/m1/s1. The number of amides is 1. The molecule has 1 aromatic carbocycles. The van der Waals surface area contributed by atoms with Crippen molar-refractivity contribution in [2.24, 2.45) is 0 Å². The molecule has 0 spiro atoms. The minimum absolute atomic E-state index is 0.0664. The summed E-state index contributed by atoms with van der Waals surface area (Å²) in [5.74, 6) is -0.847. The van der Waals surface area contributed by atoms with Crippen molar-refractivity contribution in [1.82, 2.24) is 5.32 Å². The van der Waals surface area contributed by atoms with Crippen molar-refractivity contribution in [3.8, 4) is 0 Å². The van der Waals surface area contributed by atoms with Crippen LogP contribution in [0.15, 0.2) is 24.3 Å². The Morgan fingerprint density at radius 1 is 1.17 bits per heavy atom. The number of hydrogen-bond donors (Lipinski definition) is 1. The SMILES string of the molecule is CC(C)OC(=O)C[C@@H](NC(=O)OC(C)(C)C)c1ccc(F)cc1. The van der Waals surface area contributed by atoms with Crippen molar-refractivity contribution in [1.29, 1.82) is 0 Å². The molecule has 128 valence electrons. The lowest BCUT2D eigenvalue weighted by molar-refractivity contribution is -0.147. The van der Waals surface area contributed by atoms with Crippen molar-refractivity contribution in [2.75, 3.05) is 0 Å². The Balaban J connectivity index is 2.86. The summed E-state index contributed by atoms with van der Waals surface area (Å²) < 4.78 is 23.4. The van der Waals surface area contributed by atoms with Gasteiger partial charge in [0, 0.05) is 0 Å². The molecule has 0 heterocycles. The summed E-state index contributed by atoms with van der Waals surface area (Å²) in [6, 6.07) is 4.91. The summed E-state index contributed by atoms with van der Waals surface area (Å²) in [5.41, 5.74) is -0.0615. The normalized spacial score (nSPS) is 12.7. The second kappa shape index (κ2) is 7.94. The molecule has 0 aliphatic heterocycles. The Hall–Kier alpha value is -2.11. The maximum Gasteiger partial charge on any atom is 0.408 e. The summed E-state index contributed by atoms with van der Waals surface area (Å²) in [5, 5.41) is 2.63. The number of rotatable bonds is 5. The second-order valence-electron chi connectivity index (χ2n) is 6.49. The molecular weight excluding hydrogens is 301 g/mol. The van der Waals surface area contributed by atoms with E-state index in [1.54, 1.807) is 34.6 Å². The van der Waals surface area contributed by atoms with E-state index in [-0.39, 0.29) is 12.5 Å². The van der Waals surface area contributed by atoms with Crippen LogP contribution in [0.25, 0.3) is 0 Å². The highest BCUT2D eigenvalue weighted by atomic mass is 19.1. The highest BCUT2D eigenvalue weighted by Crippen LogP contribution is 2.19. The fraction of sp³-hybridized carbons (Fsp3) is 0.529. The van der Waals surface area contributed by atoms with Gasteiger partial charge in [0.15, 0.2) is 0 Å². The predicted octanol–water partition coefficient (Wildman–Crippen LogP) is 3.73. The van der Waals surface area contributed by atoms with E-state index in [1.165, 1.54) is 24.3 Å². The number of benzene rings is 1. The minimum Gasteiger partial charge on any atom is -0.463 e.